The van der Waals surface area contributed by atoms with Crippen LogP contribution in [0, 0.1) is 0 Å². The van der Waals surface area contributed by atoms with E-state index in [4.69, 9.17) is 0 Å². The summed E-state index contributed by atoms with van der Waals surface area (Å²) < 4.78 is -1.06. The van der Waals surface area contributed by atoms with Gasteiger partial charge in [-0.25, -0.2) is 0 Å². The van der Waals surface area contributed by atoms with Crippen molar-refractivity contribution in [2.75, 3.05) is 0 Å². The Hall–Kier alpha value is 1.47. The van der Waals surface area contributed by atoms with Crippen molar-refractivity contribution >= 4 is 35.8 Å². The molecule has 0 aromatic carbocycles. The fourth-order valence-corrected chi connectivity index (χ4v) is 3.02. The quantitative estimate of drug-likeness (QED) is 0.477. The van der Waals surface area contributed by atoms with Gasteiger partial charge in [0, 0.05) is 0 Å². The van der Waals surface area contributed by atoms with E-state index < -0.39 is 4.64 Å². The van der Waals surface area contributed by atoms with Crippen molar-refractivity contribution in [3.63, 3.8) is 0 Å². The van der Waals surface area contributed by atoms with Crippen LogP contribution in [0.2, 0.25) is 0 Å². The molecule has 11 heavy (non-hydrogen) atoms. The summed E-state index contributed by atoms with van der Waals surface area (Å²) >= 11 is 6.78. The predicted molar refractivity (Wildman–Crippen MR) is 57.9 cm³/mol. The number of hydrogen-bond donors (Lipinski definition) is 0. The van der Waals surface area contributed by atoms with Gasteiger partial charge in [0.15, 0.2) is 0 Å². The first-order chi connectivity index (χ1) is 4.50. The van der Waals surface area contributed by atoms with Crippen LogP contribution < -0.4 is 0 Å². The molecular formula is C8H18PSe2. The first-order valence-corrected chi connectivity index (χ1v) is 10.0. The molecule has 0 N–H and O–H groups in total. The van der Waals surface area contributed by atoms with Crippen LogP contribution in [0.1, 0.15) is 41.5 Å². The third-order valence-electron chi connectivity index (χ3n) is 1.77. The molecule has 0 bridgehead atoms. The molecule has 0 aliphatic rings. The zero-order valence-electron chi connectivity index (χ0n) is 8.26. The zero-order chi connectivity index (χ0) is 9.50. The summed E-state index contributed by atoms with van der Waals surface area (Å²) in [6.45, 7) is 13.8. The predicted octanol–water partition coefficient (Wildman–Crippen LogP) is 2.77. The molecule has 1 radical (unpaired) electrons. The van der Waals surface area contributed by atoms with Crippen molar-refractivity contribution in [1.82, 2.24) is 0 Å². The fourth-order valence-electron chi connectivity index (χ4n) is 1.01. The molecule has 0 fully saturated rings. The van der Waals surface area contributed by atoms with E-state index in [2.05, 4.69) is 72.7 Å². The second-order valence-corrected chi connectivity index (χ2v) is 19.1. The average molecular weight is 303 g/mol. The summed E-state index contributed by atoms with van der Waals surface area (Å²) in [6, 6.07) is 0. The monoisotopic (exact) mass is 305 g/mol. The molecule has 0 spiro atoms. The zero-order valence-corrected chi connectivity index (χ0v) is 12.6. The number of hydrogen-bond acceptors (Lipinski definition) is 0. The van der Waals surface area contributed by atoms with Crippen molar-refractivity contribution < 1.29 is 0 Å². The molecule has 0 rings (SSSR count). The van der Waals surface area contributed by atoms with Gasteiger partial charge in [0.1, 0.15) is 0 Å². The Morgan fingerprint density at radius 1 is 0.909 bits per heavy atom. The van der Waals surface area contributed by atoms with Crippen molar-refractivity contribution in [1.29, 1.82) is 0 Å². The molecule has 0 amide bonds. The molecule has 67 valence electrons. The molecule has 0 saturated heterocycles. The van der Waals surface area contributed by atoms with Gasteiger partial charge in [-0.05, 0) is 0 Å². The standard InChI is InChI=1S/C8H18PSe2/c1-7(2,3)9(10,11)8(4,5)6/h1-6H3. The van der Waals surface area contributed by atoms with Crippen molar-refractivity contribution in [3.05, 3.63) is 0 Å². The van der Waals surface area contributed by atoms with E-state index in [-0.39, 0.29) is 0 Å². The van der Waals surface area contributed by atoms with Gasteiger partial charge in [-0.2, -0.15) is 0 Å². The molecule has 0 unspecified atom stereocenters. The summed E-state index contributed by atoms with van der Waals surface area (Å²) in [4.78, 5) is 0. The first kappa shape index (κ1) is 12.5. The van der Waals surface area contributed by atoms with Crippen molar-refractivity contribution in [3.8, 4) is 0 Å². The fraction of sp³-hybridized carbons (Fsp3) is 1.00. The molecule has 0 nitrogen and oxygen atoms in total. The Labute approximate surface area is 87.5 Å². The SMILES string of the molecule is CC(C)(C)[P+]([Se])([Se-])C(C)(C)C. The van der Waals surface area contributed by atoms with Gasteiger partial charge in [0.05, 0.1) is 0 Å². The van der Waals surface area contributed by atoms with E-state index in [1.165, 1.54) is 0 Å². The topological polar surface area (TPSA) is 0 Å². The van der Waals surface area contributed by atoms with Crippen molar-refractivity contribution in [2.45, 2.75) is 51.9 Å². The Bertz CT molecular complexity index is 123. The first-order valence-electron chi connectivity index (χ1n) is 3.81. The van der Waals surface area contributed by atoms with Gasteiger partial charge < -0.3 is 0 Å². The molecule has 0 aliphatic carbocycles. The van der Waals surface area contributed by atoms with Crippen LogP contribution in [-0.4, -0.2) is 41.5 Å². The van der Waals surface area contributed by atoms with Crippen molar-refractivity contribution in [2.24, 2.45) is 0 Å². The van der Waals surface area contributed by atoms with Crippen LogP contribution >= 0.6 is 4.64 Å². The summed E-state index contributed by atoms with van der Waals surface area (Å²) in [7, 11) is 0. The Morgan fingerprint density at radius 3 is 1.09 bits per heavy atom. The van der Waals surface area contributed by atoms with Gasteiger partial charge >= 0.3 is 87.6 Å². The molecule has 0 atom stereocenters. The molecule has 0 heterocycles. The second-order valence-electron chi connectivity index (χ2n) is 4.89. The molecule has 3 heteroatoms. The summed E-state index contributed by atoms with van der Waals surface area (Å²) in [5.74, 6) is 0. The van der Waals surface area contributed by atoms with Gasteiger partial charge in [-0.15, -0.1) is 0 Å². The summed E-state index contributed by atoms with van der Waals surface area (Å²) in [6.07, 6.45) is 0. The Morgan fingerprint density at radius 2 is 1.09 bits per heavy atom. The molecule has 0 aromatic heterocycles. The third kappa shape index (κ3) is 2.71. The van der Waals surface area contributed by atoms with Gasteiger partial charge in [-0.1, -0.05) is 0 Å². The minimum atomic E-state index is -1.06. The van der Waals surface area contributed by atoms with Crippen LogP contribution in [0.5, 0.6) is 0 Å². The van der Waals surface area contributed by atoms with E-state index in [9.17, 15) is 0 Å². The van der Waals surface area contributed by atoms with Crippen LogP contribution in [0.25, 0.3) is 0 Å². The third-order valence-corrected chi connectivity index (χ3v) is 19.1. The second kappa shape index (κ2) is 3.32. The van der Waals surface area contributed by atoms with E-state index >= 15 is 0 Å². The van der Waals surface area contributed by atoms with Crippen LogP contribution in [0.3, 0.4) is 0 Å². The molecule has 0 saturated carbocycles. The average Bonchev–Trinajstić information content (AvgIpc) is 1.58. The van der Waals surface area contributed by atoms with Crippen LogP contribution in [-0.2, 0) is 0 Å². The molecule has 0 aliphatic heterocycles. The minimum absolute atomic E-state index is 0.380. The number of rotatable bonds is 0. The van der Waals surface area contributed by atoms with Gasteiger partial charge in [-0.3, -0.25) is 0 Å². The van der Waals surface area contributed by atoms with Crippen LogP contribution in [0.15, 0.2) is 0 Å². The van der Waals surface area contributed by atoms with E-state index in [0.717, 1.165) is 0 Å². The Kier molecular flexibility index (Phi) is 3.76. The Balaban J connectivity index is 4.75. The maximum atomic E-state index is 3.39. The van der Waals surface area contributed by atoms with Gasteiger partial charge in [0.2, 0.25) is 0 Å². The molecular weight excluding hydrogens is 285 g/mol. The molecule has 0 aromatic rings. The summed E-state index contributed by atoms with van der Waals surface area (Å²) in [5, 5.41) is 0.760. The van der Waals surface area contributed by atoms with Gasteiger partial charge in [0.25, 0.3) is 0 Å². The van der Waals surface area contributed by atoms with E-state index in [1.807, 2.05) is 0 Å². The van der Waals surface area contributed by atoms with E-state index in [0.29, 0.717) is 10.3 Å². The summed E-state index contributed by atoms with van der Waals surface area (Å²) in [5.41, 5.74) is 0. The normalized spacial score (nSPS) is 15.3. The maximum absolute atomic E-state index is 3.39. The van der Waals surface area contributed by atoms with Crippen LogP contribution in [0.4, 0.5) is 0 Å². The van der Waals surface area contributed by atoms with E-state index in [1.54, 1.807) is 0 Å².